The van der Waals surface area contributed by atoms with Gasteiger partial charge in [0.1, 0.15) is 17.7 Å². The lowest BCUT2D eigenvalue weighted by molar-refractivity contribution is 0.102. The zero-order valence-corrected chi connectivity index (χ0v) is 11.5. The summed E-state index contributed by atoms with van der Waals surface area (Å²) in [6.07, 6.45) is 0. The zero-order chi connectivity index (χ0) is 14.7. The third-order valence-corrected chi connectivity index (χ3v) is 3.18. The van der Waals surface area contributed by atoms with Crippen molar-refractivity contribution >= 4 is 27.5 Å². The molecule has 1 N–H and O–H groups in total. The monoisotopic (exact) mass is 336 g/mol. The number of carbonyl (C=O) groups excluding carboxylic acids is 1. The number of nitriles is 1. The number of benzene rings is 2. The first-order valence-corrected chi connectivity index (χ1v) is 6.26. The smallest absolute Gasteiger partial charge is 0.255 e. The van der Waals surface area contributed by atoms with Crippen molar-refractivity contribution in [2.45, 2.75) is 0 Å². The molecule has 0 aliphatic heterocycles. The van der Waals surface area contributed by atoms with Crippen LogP contribution in [0.2, 0.25) is 0 Å². The molecule has 0 bridgehead atoms. The highest BCUT2D eigenvalue weighted by atomic mass is 79.9. The fourth-order valence-corrected chi connectivity index (χ4v) is 1.80. The van der Waals surface area contributed by atoms with Gasteiger partial charge in [-0.15, -0.1) is 0 Å². The molecule has 3 nitrogen and oxygen atoms in total. The van der Waals surface area contributed by atoms with Crippen LogP contribution in [-0.4, -0.2) is 5.91 Å². The molecule has 0 aliphatic rings. The topological polar surface area (TPSA) is 52.9 Å². The fraction of sp³-hybridized carbons (Fsp3) is 0. The Balaban J connectivity index is 2.28. The van der Waals surface area contributed by atoms with Gasteiger partial charge in [0.15, 0.2) is 0 Å². The third-order valence-electron chi connectivity index (χ3n) is 2.53. The number of nitrogens with one attached hydrogen (secondary N) is 1. The summed E-state index contributed by atoms with van der Waals surface area (Å²) in [4.78, 5) is 11.9. The van der Waals surface area contributed by atoms with Crippen molar-refractivity contribution in [1.82, 2.24) is 0 Å². The molecule has 0 atom stereocenters. The summed E-state index contributed by atoms with van der Waals surface area (Å²) in [6.45, 7) is 0. The number of nitrogens with zero attached hydrogens (tertiary/aromatic N) is 1. The summed E-state index contributed by atoms with van der Waals surface area (Å²) in [5.41, 5.74) is 0.261. The molecule has 100 valence electrons. The number of anilines is 1. The van der Waals surface area contributed by atoms with E-state index in [1.807, 2.05) is 0 Å². The maximum atomic E-state index is 13.3. The fourth-order valence-electron chi connectivity index (χ4n) is 1.55. The van der Waals surface area contributed by atoms with Gasteiger partial charge in [0.05, 0.1) is 15.7 Å². The molecular weight excluding hydrogens is 330 g/mol. The SMILES string of the molecule is N#Cc1cc(F)ccc1NC(=O)c1ccc(Br)c(F)c1. The first-order valence-electron chi connectivity index (χ1n) is 5.47. The van der Waals surface area contributed by atoms with Crippen LogP contribution in [-0.2, 0) is 0 Å². The van der Waals surface area contributed by atoms with Crippen LogP contribution >= 0.6 is 15.9 Å². The van der Waals surface area contributed by atoms with Crippen molar-refractivity contribution in [3.63, 3.8) is 0 Å². The first-order chi connectivity index (χ1) is 9.51. The summed E-state index contributed by atoms with van der Waals surface area (Å²) in [5.74, 6) is -1.73. The van der Waals surface area contributed by atoms with Gasteiger partial charge in [-0.25, -0.2) is 8.78 Å². The van der Waals surface area contributed by atoms with Gasteiger partial charge in [-0.2, -0.15) is 5.26 Å². The molecule has 0 aromatic heterocycles. The van der Waals surface area contributed by atoms with E-state index >= 15 is 0 Å². The first kappa shape index (κ1) is 14.2. The van der Waals surface area contributed by atoms with E-state index in [0.29, 0.717) is 0 Å². The quantitative estimate of drug-likeness (QED) is 0.905. The molecule has 1 amide bonds. The highest BCUT2D eigenvalue weighted by Gasteiger charge is 2.11. The Morgan fingerprint density at radius 2 is 1.95 bits per heavy atom. The summed E-state index contributed by atoms with van der Waals surface area (Å²) in [6, 6.07) is 9.09. The molecule has 0 heterocycles. The second-order valence-corrected chi connectivity index (χ2v) is 4.74. The second-order valence-electron chi connectivity index (χ2n) is 3.88. The highest BCUT2D eigenvalue weighted by molar-refractivity contribution is 9.10. The van der Waals surface area contributed by atoms with E-state index in [1.54, 1.807) is 6.07 Å². The Morgan fingerprint density at radius 3 is 2.60 bits per heavy atom. The minimum absolute atomic E-state index is 0.00377. The Kier molecular flexibility index (Phi) is 4.11. The lowest BCUT2D eigenvalue weighted by atomic mass is 10.1. The number of rotatable bonds is 2. The largest absolute Gasteiger partial charge is 0.321 e. The molecule has 0 spiro atoms. The van der Waals surface area contributed by atoms with Crippen LogP contribution in [0.4, 0.5) is 14.5 Å². The van der Waals surface area contributed by atoms with E-state index in [-0.39, 0.29) is 21.3 Å². The predicted molar refractivity (Wildman–Crippen MR) is 73.2 cm³/mol. The lowest BCUT2D eigenvalue weighted by Crippen LogP contribution is -2.13. The Labute approximate surface area is 122 Å². The van der Waals surface area contributed by atoms with Gasteiger partial charge in [0, 0.05) is 5.56 Å². The van der Waals surface area contributed by atoms with Crippen molar-refractivity contribution in [2.75, 3.05) is 5.32 Å². The summed E-state index contributed by atoms with van der Waals surface area (Å²) < 4.78 is 26.6. The number of halogens is 3. The van der Waals surface area contributed by atoms with Gasteiger partial charge in [-0.1, -0.05) is 0 Å². The van der Waals surface area contributed by atoms with E-state index in [0.717, 1.165) is 18.2 Å². The summed E-state index contributed by atoms with van der Waals surface area (Å²) in [7, 11) is 0. The van der Waals surface area contributed by atoms with E-state index < -0.39 is 17.5 Å². The summed E-state index contributed by atoms with van der Waals surface area (Å²) in [5, 5.41) is 11.3. The Hall–Kier alpha value is -2.26. The van der Waals surface area contributed by atoms with Crippen LogP contribution in [0.1, 0.15) is 15.9 Å². The molecule has 0 radical (unpaired) electrons. The molecule has 2 rings (SSSR count). The molecule has 0 fully saturated rings. The van der Waals surface area contributed by atoms with Gasteiger partial charge in [0.2, 0.25) is 0 Å². The van der Waals surface area contributed by atoms with E-state index in [2.05, 4.69) is 21.2 Å². The molecule has 0 aliphatic carbocycles. The maximum absolute atomic E-state index is 13.3. The van der Waals surface area contributed by atoms with E-state index in [4.69, 9.17) is 5.26 Å². The Morgan fingerprint density at radius 1 is 1.20 bits per heavy atom. The van der Waals surface area contributed by atoms with Gasteiger partial charge in [0.25, 0.3) is 5.91 Å². The van der Waals surface area contributed by atoms with E-state index in [1.165, 1.54) is 18.2 Å². The summed E-state index contributed by atoms with van der Waals surface area (Å²) >= 11 is 2.98. The van der Waals surface area contributed by atoms with Crippen molar-refractivity contribution in [3.05, 3.63) is 63.6 Å². The van der Waals surface area contributed by atoms with Crippen LogP contribution in [0.15, 0.2) is 40.9 Å². The number of hydrogen-bond donors (Lipinski definition) is 1. The molecule has 20 heavy (non-hydrogen) atoms. The molecule has 6 heteroatoms. The van der Waals surface area contributed by atoms with Crippen LogP contribution in [0, 0.1) is 23.0 Å². The highest BCUT2D eigenvalue weighted by Crippen LogP contribution is 2.19. The van der Waals surface area contributed by atoms with E-state index in [9.17, 15) is 13.6 Å². The van der Waals surface area contributed by atoms with Crippen LogP contribution in [0.3, 0.4) is 0 Å². The van der Waals surface area contributed by atoms with Crippen LogP contribution in [0.5, 0.6) is 0 Å². The predicted octanol–water partition coefficient (Wildman–Crippen LogP) is 3.85. The number of carbonyl (C=O) groups is 1. The lowest BCUT2D eigenvalue weighted by Gasteiger charge is -2.07. The third kappa shape index (κ3) is 3.00. The number of amides is 1. The van der Waals surface area contributed by atoms with Gasteiger partial charge >= 0.3 is 0 Å². The maximum Gasteiger partial charge on any atom is 0.255 e. The molecule has 2 aromatic rings. The van der Waals surface area contributed by atoms with Crippen molar-refractivity contribution in [3.8, 4) is 6.07 Å². The number of hydrogen-bond acceptors (Lipinski definition) is 2. The van der Waals surface area contributed by atoms with Gasteiger partial charge in [-0.05, 0) is 52.3 Å². The second kappa shape index (κ2) is 5.80. The van der Waals surface area contributed by atoms with Crippen molar-refractivity contribution < 1.29 is 13.6 Å². The average molecular weight is 337 g/mol. The van der Waals surface area contributed by atoms with Crippen LogP contribution in [0.25, 0.3) is 0 Å². The molecule has 0 saturated carbocycles. The standard InChI is InChI=1S/C14H7BrF2N2O/c15-11-3-1-8(6-12(11)17)14(20)19-13-4-2-10(16)5-9(13)7-18/h1-6H,(H,19,20). The molecule has 0 saturated heterocycles. The van der Waals surface area contributed by atoms with Gasteiger partial charge < -0.3 is 5.32 Å². The zero-order valence-electron chi connectivity index (χ0n) is 9.95. The Bertz CT molecular complexity index is 726. The minimum Gasteiger partial charge on any atom is -0.321 e. The van der Waals surface area contributed by atoms with Crippen LogP contribution < -0.4 is 5.32 Å². The molecule has 0 unspecified atom stereocenters. The van der Waals surface area contributed by atoms with Gasteiger partial charge in [-0.3, -0.25) is 4.79 Å². The molecular formula is C14H7BrF2N2O. The van der Waals surface area contributed by atoms with Crippen molar-refractivity contribution in [2.24, 2.45) is 0 Å². The minimum atomic E-state index is -0.584. The molecule has 2 aromatic carbocycles. The normalized spacial score (nSPS) is 9.90. The average Bonchev–Trinajstić information content (AvgIpc) is 2.43. The van der Waals surface area contributed by atoms with Crippen molar-refractivity contribution in [1.29, 1.82) is 5.26 Å².